The molecule has 0 bridgehead atoms. The molecular weight excluding hydrogens is 284 g/mol. The first-order valence-corrected chi connectivity index (χ1v) is 8.19. The molecular formula is C17H25ClN2O. The van der Waals surface area contributed by atoms with Gasteiger partial charge in [0.05, 0.1) is 10.7 Å². The van der Waals surface area contributed by atoms with E-state index >= 15 is 0 Å². The smallest absolute Gasteiger partial charge is 0.221 e. The summed E-state index contributed by atoms with van der Waals surface area (Å²) in [6.07, 6.45) is 5.14. The Kier molecular flexibility index (Phi) is 5.51. The summed E-state index contributed by atoms with van der Waals surface area (Å²) in [5.41, 5.74) is 1.70. The fourth-order valence-electron chi connectivity index (χ4n) is 3.25. The van der Waals surface area contributed by atoms with Crippen LogP contribution in [-0.4, -0.2) is 11.9 Å². The van der Waals surface area contributed by atoms with Gasteiger partial charge in [0, 0.05) is 18.7 Å². The Balaban J connectivity index is 2.08. The SMILES string of the molecule is CC(=O)Nc1ccc(NC2CCCCC2C(C)C)cc1Cl. The minimum atomic E-state index is -0.107. The normalized spacial score (nSPS) is 22.1. The lowest BCUT2D eigenvalue weighted by molar-refractivity contribution is -0.114. The summed E-state index contributed by atoms with van der Waals surface area (Å²) in [5.74, 6) is 1.30. The maximum absolute atomic E-state index is 11.1. The van der Waals surface area contributed by atoms with Crippen LogP contribution in [0.15, 0.2) is 18.2 Å². The Hall–Kier alpha value is -1.22. The molecule has 2 atom stereocenters. The average molecular weight is 309 g/mol. The largest absolute Gasteiger partial charge is 0.382 e. The van der Waals surface area contributed by atoms with Gasteiger partial charge in [0.2, 0.25) is 5.91 Å². The molecule has 2 unspecified atom stereocenters. The van der Waals surface area contributed by atoms with Crippen molar-refractivity contribution >= 4 is 28.9 Å². The molecule has 0 aromatic heterocycles. The molecule has 0 saturated heterocycles. The van der Waals surface area contributed by atoms with Gasteiger partial charge in [0.15, 0.2) is 0 Å². The zero-order valence-corrected chi connectivity index (χ0v) is 13.8. The van der Waals surface area contributed by atoms with E-state index < -0.39 is 0 Å². The Morgan fingerprint density at radius 2 is 2.00 bits per heavy atom. The van der Waals surface area contributed by atoms with E-state index in [1.807, 2.05) is 18.2 Å². The first-order valence-electron chi connectivity index (χ1n) is 7.81. The van der Waals surface area contributed by atoms with Crippen LogP contribution in [0.2, 0.25) is 5.02 Å². The van der Waals surface area contributed by atoms with Gasteiger partial charge in [-0.05, 0) is 42.9 Å². The maximum atomic E-state index is 11.1. The van der Waals surface area contributed by atoms with Gasteiger partial charge < -0.3 is 10.6 Å². The van der Waals surface area contributed by atoms with E-state index in [4.69, 9.17) is 11.6 Å². The molecule has 0 radical (unpaired) electrons. The Bertz CT molecular complexity index is 502. The van der Waals surface area contributed by atoms with Gasteiger partial charge in [0.25, 0.3) is 0 Å². The highest BCUT2D eigenvalue weighted by Gasteiger charge is 2.27. The molecule has 3 nitrogen and oxygen atoms in total. The number of carbonyl (C=O) groups excluding carboxylic acids is 1. The van der Waals surface area contributed by atoms with Crippen LogP contribution in [0, 0.1) is 11.8 Å². The second-order valence-corrected chi connectivity index (χ2v) is 6.73. The van der Waals surface area contributed by atoms with Crippen LogP contribution in [0.3, 0.4) is 0 Å². The maximum Gasteiger partial charge on any atom is 0.221 e. The number of carbonyl (C=O) groups is 1. The van der Waals surface area contributed by atoms with Gasteiger partial charge in [-0.1, -0.05) is 38.3 Å². The van der Waals surface area contributed by atoms with Gasteiger partial charge in [-0.25, -0.2) is 0 Å². The van der Waals surface area contributed by atoms with E-state index in [0.29, 0.717) is 28.6 Å². The van der Waals surface area contributed by atoms with Crippen LogP contribution in [0.1, 0.15) is 46.5 Å². The molecule has 2 rings (SSSR count). The van der Waals surface area contributed by atoms with Crippen LogP contribution in [0.25, 0.3) is 0 Å². The number of anilines is 2. The molecule has 1 aromatic carbocycles. The Morgan fingerprint density at radius 1 is 1.29 bits per heavy atom. The zero-order chi connectivity index (χ0) is 15.4. The Labute approximate surface area is 132 Å². The van der Waals surface area contributed by atoms with Gasteiger partial charge >= 0.3 is 0 Å². The number of halogens is 1. The first kappa shape index (κ1) is 16.2. The van der Waals surface area contributed by atoms with Crippen molar-refractivity contribution in [2.45, 2.75) is 52.5 Å². The fraction of sp³-hybridized carbons (Fsp3) is 0.588. The van der Waals surface area contributed by atoms with Crippen molar-refractivity contribution in [2.24, 2.45) is 11.8 Å². The van der Waals surface area contributed by atoms with E-state index in [-0.39, 0.29) is 5.91 Å². The second-order valence-electron chi connectivity index (χ2n) is 6.32. The second kappa shape index (κ2) is 7.17. The van der Waals surface area contributed by atoms with E-state index in [2.05, 4.69) is 24.5 Å². The molecule has 0 aliphatic heterocycles. The molecule has 1 aliphatic carbocycles. The number of hydrogen-bond donors (Lipinski definition) is 2. The van der Waals surface area contributed by atoms with Gasteiger partial charge in [-0.15, -0.1) is 0 Å². The summed E-state index contributed by atoms with van der Waals surface area (Å²) >= 11 is 6.24. The minimum absolute atomic E-state index is 0.107. The summed E-state index contributed by atoms with van der Waals surface area (Å²) in [6.45, 7) is 6.09. The third kappa shape index (κ3) is 4.37. The summed E-state index contributed by atoms with van der Waals surface area (Å²) in [7, 11) is 0. The van der Waals surface area contributed by atoms with Crippen molar-refractivity contribution < 1.29 is 4.79 Å². The fourth-order valence-corrected chi connectivity index (χ4v) is 3.47. The lowest BCUT2D eigenvalue weighted by Gasteiger charge is -2.35. The lowest BCUT2D eigenvalue weighted by Crippen LogP contribution is -2.35. The lowest BCUT2D eigenvalue weighted by atomic mass is 9.78. The molecule has 1 saturated carbocycles. The van der Waals surface area contributed by atoms with Crippen LogP contribution < -0.4 is 10.6 Å². The predicted octanol–water partition coefficient (Wildman–Crippen LogP) is 4.93. The molecule has 2 N–H and O–H groups in total. The van der Waals surface area contributed by atoms with Crippen molar-refractivity contribution in [3.05, 3.63) is 23.2 Å². The van der Waals surface area contributed by atoms with Gasteiger partial charge in [-0.3, -0.25) is 4.79 Å². The van der Waals surface area contributed by atoms with Crippen LogP contribution in [-0.2, 0) is 4.79 Å². The molecule has 0 heterocycles. The quantitative estimate of drug-likeness (QED) is 0.828. The van der Waals surface area contributed by atoms with E-state index in [1.54, 1.807) is 0 Å². The predicted molar refractivity (Wildman–Crippen MR) is 90.0 cm³/mol. The molecule has 1 amide bonds. The van der Waals surface area contributed by atoms with E-state index in [9.17, 15) is 4.79 Å². The highest BCUT2D eigenvalue weighted by atomic mass is 35.5. The molecule has 116 valence electrons. The van der Waals surface area contributed by atoms with Crippen molar-refractivity contribution in [1.82, 2.24) is 0 Å². The molecule has 21 heavy (non-hydrogen) atoms. The number of amides is 1. The average Bonchev–Trinajstić information content (AvgIpc) is 2.42. The van der Waals surface area contributed by atoms with Crippen molar-refractivity contribution in [3.8, 4) is 0 Å². The van der Waals surface area contributed by atoms with Gasteiger partial charge in [0.1, 0.15) is 0 Å². The zero-order valence-electron chi connectivity index (χ0n) is 13.1. The summed E-state index contributed by atoms with van der Waals surface area (Å²) < 4.78 is 0. The Morgan fingerprint density at radius 3 is 2.62 bits per heavy atom. The topological polar surface area (TPSA) is 41.1 Å². The van der Waals surface area contributed by atoms with Crippen LogP contribution in [0.5, 0.6) is 0 Å². The molecule has 1 fully saturated rings. The highest BCUT2D eigenvalue weighted by Crippen LogP contribution is 2.33. The van der Waals surface area contributed by atoms with Gasteiger partial charge in [-0.2, -0.15) is 0 Å². The summed E-state index contributed by atoms with van der Waals surface area (Å²) in [5, 5.41) is 6.94. The molecule has 4 heteroatoms. The number of rotatable bonds is 4. The van der Waals surface area contributed by atoms with Crippen molar-refractivity contribution in [1.29, 1.82) is 0 Å². The van der Waals surface area contributed by atoms with Crippen molar-refractivity contribution in [3.63, 3.8) is 0 Å². The third-order valence-corrected chi connectivity index (χ3v) is 4.62. The summed E-state index contributed by atoms with van der Waals surface area (Å²) in [6, 6.07) is 6.27. The van der Waals surface area contributed by atoms with E-state index in [0.717, 1.165) is 5.69 Å². The van der Waals surface area contributed by atoms with E-state index in [1.165, 1.54) is 32.6 Å². The standard InChI is InChI=1S/C17H25ClN2O/c1-11(2)14-6-4-5-7-16(14)20-13-8-9-17(15(18)10-13)19-12(3)21/h8-11,14,16,20H,4-7H2,1-3H3,(H,19,21). The third-order valence-electron chi connectivity index (χ3n) is 4.31. The minimum Gasteiger partial charge on any atom is -0.382 e. The molecule has 1 aliphatic rings. The molecule has 0 spiro atoms. The van der Waals surface area contributed by atoms with Crippen LogP contribution in [0.4, 0.5) is 11.4 Å². The van der Waals surface area contributed by atoms with Crippen LogP contribution >= 0.6 is 11.6 Å². The number of hydrogen-bond acceptors (Lipinski definition) is 2. The highest BCUT2D eigenvalue weighted by molar-refractivity contribution is 6.34. The first-order chi connectivity index (χ1) is 9.97. The molecule has 1 aromatic rings. The van der Waals surface area contributed by atoms with Crippen molar-refractivity contribution in [2.75, 3.05) is 10.6 Å². The number of nitrogens with one attached hydrogen (secondary N) is 2. The summed E-state index contributed by atoms with van der Waals surface area (Å²) in [4.78, 5) is 11.1. The monoisotopic (exact) mass is 308 g/mol. The number of benzene rings is 1.